The molecule has 1 atom stereocenters. The Kier molecular flexibility index (Phi) is 7.33. The first-order valence-electron chi connectivity index (χ1n) is 9.92. The number of methoxy groups -OCH3 is 2. The van der Waals surface area contributed by atoms with Crippen LogP contribution in [0.2, 0.25) is 0 Å². The van der Waals surface area contributed by atoms with Crippen LogP contribution in [0.1, 0.15) is 29.7 Å². The summed E-state index contributed by atoms with van der Waals surface area (Å²) in [5, 5.41) is 3.16. The van der Waals surface area contributed by atoms with E-state index in [1.54, 1.807) is 20.3 Å². The number of amides is 1. The summed E-state index contributed by atoms with van der Waals surface area (Å²) in [6.07, 6.45) is 0.202. The molecule has 0 bridgehead atoms. The van der Waals surface area contributed by atoms with Crippen LogP contribution in [0.4, 0.5) is 0 Å². The van der Waals surface area contributed by atoms with Crippen LogP contribution >= 0.6 is 0 Å². The highest BCUT2D eigenvalue weighted by atomic mass is 16.5. The summed E-state index contributed by atoms with van der Waals surface area (Å²) < 4.78 is 16.2. The zero-order valence-corrected chi connectivity index (χ0v) is 17.6. The number of hydrogen-bond donors (Lipinski definition) is 1. The molecule has 0 aromatic heterocycles. The summed E-state index contributed by atoms with van der Waals surface area (Å²) >= 11 is 0. The molecule has 1 N–H and O–H groups in total. The number of carbonyl (C=O) groups is 1. The molecule has 5 heteroatoms. The normalized spacial score (nSPS) is 11.4. The van der Waals surface area contributed by atoms with Gasteiger partial charge < -0.3 is 19.5 Å². The van der Waals surface area contributed by atoms with Crippen molar-refractivity contribution in [1.29, 1.82) is 0 Å². The van der Waals surface area contributed by atoms with Crippen LogP contribution in [0.15, 0.2) is 72.8 Å². The van der Waals surface area contributed by atoms with Gasteiger partial charge in [0.1, 0.15) is 17.2 Å². The van der Waals surface area contributed by atoms with Crippen LogP contribution in [-0.4, -0.2) is 26.7 Å². The van der Waals surface area contributed by atoms with Crippen molar-refractivity contribution in [3.63, 3.8) is 0 Å². The molecular weight excluding hydrogens is 378 g/mol. The molecule has 156 valence electrons. The van der Waals surface area contributed by atoms with Crippen molar-refractivity contribution < 1.29 is 19.0 Å². The maximum Gasteiger partial charge on any atom is 0.225 e. The van der Waals surface area contributed by atoms with Crippen molar-refractivity contribution in [1.82, 2.24) is 5.32 Å². The Morgan fingerprint density at radius 2 is 1.53 bits per heavy atom. The van der Waals surface area contributed by atoms with Crippen molar-refractivity contribution in [2.24, 2.45) is 0 Å². The molecule has 0 saturated heterocycles. The summed E-state index contributed by atoms with van der Waals surface area (Å²) in [6.45, 7) is 2.57. The largest absolute Gasteiger partial charge is 0.497 e. The van der Waals surface area contributed by atoms with Gasteiger partial charge in [-0.2, -0.15) is 0 Å². The predicted molar refractivity (Wildman–Crippen MR) is 117 cm³/mol. The monoisotopic (exact) mass is 405 g/mol. The molecule has 0 fully saturated rings. The Morgan fingerprint density at radius 1 is 0.867 bits per heavy atom. The molecule has 3 rings (SSSR count). The van der Waals surface area contributed by atoms with Gasteiger partial charge in [0.05, 0.1) is 33.3 Å². The molecular formula is C25H27NO4. The van der Waals surface area contributed by atoms with Gasteiger partial charge in [0, 0.05) is 11.6 Å². The van der Waals surface area contributed by atoms with E-state index < -0.39 is 0 Å². The number of rotatable bonds is 9. The number of nitrogens with one attached hydrogen (secondary N) is 1. The van der Waals surface area contributed by atoms with Crippen molar-refractivity contribution in [2.45, 2.75) is 19.4 Å². The Hall–Kier alpha value is -3.47. The van der Waals surface area contributed by atoms with Gasteiger partial charge in [-0.05, 0) is 36.2 Å². The van der Waals surface area contributed by atoms with Gasteiger partial charge in [-0.1, -0.05) is 48.5 Å². The lowest BCUT2D eigenvalue weighted by Gasteiger charge is -2.21. The fourth-order valence-electron chi connectivity index (χ4n) is 3.31. The average Bonchev–Trinajstić information content (AvgIpc) is 2.79. The van der Waals surface area contributed by atoms with Crippen LogP contribution in [0.3, 0.4) is 0 Å². The molecule has 0 aliphatic heterocycles. The van der Waals surface area contributed by atoms with Crippen LogP contribution in [-0.2, 0) is 11.2 Å². The molecule has 0 radical (unpaired) electrons. The summed E-state index contributed by atoms with van der Waals surface area (Å²) in [5.41, 5.74) is 2.80. The third-order valence-electron chi connectivity index (χ3n) is 4.81. The lowest BCUT2D eigenvalue weighted by molar-refractivity contribution is -0.121. The summed E-state index contributed by atoms with van der Waals surface area (Å²) in [6, 6.07) is 22.9. The maximum absolute atomic E-state index is 12.9. The topological polar surface area (TPSA) is 56.8 Å². The summed E-state index contributed by atoms with van der Waals surface area (Å²) in [7, 11) is 3.19. The molecule has 5 nitrogen and oxygen atoms in total. The minimum Gasteiger partial charge on any atom is -0.497 e. The zero-order chi connectivity index (χ0) is 21.3. The molecule has 1 unspecified atom stereocenters. The van der Waals surface area contributed by atoms with Crippen molar-refractivity contribution in [3.8, 4) is 17.2 Å². The minimum absolute atomic E-state index is 0.0961. The lowest BCUT2D eigenvalue weighted by Crippen LogP contribution is -2.30. The second-order valence-corrected chi connectivity index (χ2v) is 6.77. The van der Waals surface area contributed by atoms with E-state index in [4.69, 9.17) is 14.2 Å². The average molecular weight is 405 g/mol. The third kappa shape index (κ3) is 5.32. The zero-order valence-electron chi connectivity index (χ0n) is 17.6. The molecule has 30 heavy (non-hydrogen) atoms. The van der Waals surface area contributed by atoms with E-state index in [0.29, 0.717) is 18.1 Å². The highest BCUT2D eigenvalue weighted by Gasteiger charge is 2.18. The second kappa shape index (κ2) is 10.3. The molecule has 0 spiro atoms. The maximum atomic E-state index is 12.9. The van der Waals surface area contributed by atoms with Crippen molar-refractivity contribution >= 4 is 5.91 Å². The van der Waals surface area contributed by atoms with Crippen LogP contribution in [0.25, 0.3) is 0 Å². The van der Waals surface area contributed by atoms with Gasteiger partial charge in [-0.3, -0.25) is 4.79 Å². The first kappa shape index (κ1) is 21.2. The second-order valence-electron chi connectivity index (χ2n) is 6.77. The van der Waals surface area contributed by atoms with Gasteiger partial charge in [-0.15, -0.1) is 0 Å². The molecule has 3 aromatic carbocycles. The smallest absolute Gasteiger partial charge is 0.225 e. The number of ether oxygens (including phenoxy) is 3. The number of carbonyl (C=O) groups excluding carboxylic acids is 1. The van der Waals surface area contributed by atoms with E-state index in [0.717, 1.165) is 22.4 Å². The van der Waals surface area contributed by atoms with Gasteiger partial charge >= 0.3 is 0 Å². The van der Waals surface area contributed by atoms with Gasteiger partial charge in [0.15, 0.2) is 0 Å². The Balaban J connectivity index is 1.82. The molecule has 1 amide bonds. The van der Waals surface area contributed by atoms with E-state index in [-0.39, 0.29) is 18.4 Å². The summed E-state index contributed by atoms with van der Waals surface area (Å²) in [5.74, 6) is 2.03. The van der Waals surface area contributed by atoms with Gasteiger partial charge in [0.25, 0.3) is 0 Å². The SMILES string of the molecule is CCOc1ccc(C(NC(=O)Cc2ccc(OC)cc2OC)c2ccccc2)cc1. The highest BCUT2D eigenvalue weighted by Crippen LogP contribution is 2.27. The van der Waals surface area contributed by atoms with Gasteiger partial charge in [-0.25, -0.2) is 0 Å². The van der Waals surface area contributed by atoms with Crippen LogP contribution in [0, 0.1) is 0 Å². The van der Waals surface area contributed by atoms with Crippen molar-refractivity contribution in [2.75, 3.05) is 20.8 Å². The minimum atomic E-state index is -0.265. The third-order valence-corrected chi connectivity index (χ3v) is 4.81. The molecule has 0 aliphatic carbocycles. The quantitative estimate of drug-likeness (QED) is 0.567. The van der Waals surface area contributed by atoms with Crippen molar-refractivity contribution in [3.05, 3.63) is 89.5 Å². The molecule has 0 heterocycles. The first-order chi connectivity index (χ1) is 14.6. The molecule has 3 aromatic rings. The number of benzene rings is 3. The summed E-state index contributed by atoms with van der Waals surface area (Å²) in [4.78, 5) is 12.9. The Bertz CT molecular complexity index is 955. The van der Waals surface area contributed by atoms with Gasteiger partial charge in [0.2, 0.25) is 5.91 Å². The Morgan fingerprint density at radius 3 is 2.17 bits per heavy atom. The van der Waals surface area contributed by atoms with Crippen LogP contribution < -0.4 is 19.5 Å². The van der Waals surface area contributed by atoms with E-state index in [9.17, 15) is 4.79 Å². The predicted octanol–water partition coefficient (Wildman–Crippen LogP) is 4.55. The lowest BCUT2D eigenvalue weighted by atomic mass is 9.98. The highest BCUT2D eigenvalue weighted by molar-refractivity contribution is 5.80. The first-order valence-corrected chi connectivity index (χ1v) is 9.92. The molecule has 0 aliphatic rings. The van der Waals surface area contributed by atoms with E-state index >= 15 is 0 Å². The fourth-order valence-corrected chi connectivity index (χ4v) is 3.31. The van der Waals surface area contributed by atoms with Crippen LogP contribution in [0.5, 0.6) is 17.2 Å². The standard InChI is InChI=1S/C25H27NO4/c1-4-30-21-13-10-19(11-14-21)25(18-8-6-5-7-9-18)26-24(27)16-20-12-15-22(28-2)17-23(20)29-3/h5-15,17,25H,4,16H2,1-3H3,(H,26,27). The fraction of sp³-hybridized carbons (Fsp3) is 0.240. The van der Waals surface area contributed by atoms with E-state index in [2.05, 4.69) is 5.32 Å². The van der Waals surface area contributed by atoms with E-state index in [1.807, 2.05) is 73.7 Å². The number of hydrogen-bond acceptors (Lipinski definition) is 4. The molecule has 0 saturated carbocycles. The van der Waals surface area contributed by atoms with E-state index in [1.165, 1.54) is 0 Å². The Labute approximate surface area is 177 Å².